The largest absolute Gasteiger partial charge is 0.573 e. The number of fused-ring (bicyclic) bond motifs is 1. The minimum atomic E-state index is -4.89. The van der Waals surface area contributed by atoms with E-state index in [0.29, 0.717) is 5.52 Å². The van der Waals surface area contributed by atoms with Gasteiger partial charge in [-0.15, -0.1) is 13.2 Å². The first-order chi connectivity index (χ1) is 14.7. The molecule has 0 unspecified atom stereocenters. The van der Waals surface area contributed by atoms with Gasteiger partial charge in [-0.05, 0) is 42.3 Å². The van der Waals surface area contributed by atoms with Crippen LogP contribution in [0.2, 0.25) is 0 Å². The summed E-state index contributed by atoms with van der Waals surface area (Å²) < 4.78 is 70.4. The minimum absolute atomic E-state index is 0.0508. The van der Waals surface area contributed by atoms with Crippen LogP contribution < -0.4 is 4.74 Å². The van der Waals surface area contributed by atoms with Crippen LogP contribution in [0.15, 0.2) is 77.2 Å². The van der Waals surface area contributed by atoms with Gasteiger partial charge < -0.3 is 9.30 Å². The van der Waals surface area contributed by atoms with Gasteiger partial charge in [0.15, 0.2) is 0 Å². The van der Waals surface area contributed by atoms with Gasteiger partial charge in [0.05, 0.1) is 22.4 Å². The second-order valence-corrected chi connectivity index (χ2v) is 8.59. The third-order valence-electron chi connectivity index (χ3n) is 4.71. The summed E-state index contributed by atoms with van der Waals surface area (Å²) in [5, 5.41) is 0.172. The van der Waals surface area contributed by atoms with Crippen molar-refractivity contribution in [2.75, 3.05) is 0 Å². The zero-order valence-electron chi connectivity index (χ0n) is 16.2. The van der Waals surface area contributed by atoms with Gasteiger partial charge in [-0.1, -0.05) is 19.1 Å². The molecule has 0 atom stereocenters. The van der Waals surface area contributed by atoms with Gasteiger partial charge in [0.2, 0.25) is 9.84 Å². The molecule has 10 heteroatoms. The van der Waals surface area contributed by atoms with E-state index in [4.69, 9.17) is 0 Å². The summed E-state index contributed by atoms with van der Waals surface area (Å²) in [4.78, 5) is 8.00. The highest BCUT2D eigenvalue weighted by Crippen LogP contribution is 2.34. The third-order valence-corrected chi connectivity index (χ3v) is 6.48. The standard InChI is InChI=1S/C21H16F3N3O3S/c1-2-14-3-6-16(7-4-14)31(28,29)19-12-26-18-8-5-15(30-21(22,23)24)11-17(18)20(19)27-10-9-25-13-27/h3-13H,2H2,1H3. The number of sulfone groups is 1. The first-order valence-electron chi connectivity index (χ1n) is 9.20. The summed E-state index contributed by atoms with van der Waals surface area (Å²) in [6, 6.07) is 10.0. The molecule has 4 rings (SSSR count). The van der Waals surface area contributed by atoms with E-state index in [9.17, 15) is 21.6 Å². The van der Waals surface area contributed by atoms with Crippen molar-refractivity contribution in [2.45, 2.75) is 29.5 Å². The fraction of sp³-hybridized carbons (Fsp3) is 0.143. The monoisotopic (exact) mass is 447 g/mol. The fourth-order valence-corrected chi connectivity index (χ4v) is 4.63. The van der Waals surface area contributed by atoms with Crippen LogP contribution in [0.5, 0.6) is 5.75 Å². The average Bonchev–Trinajstić information content (AvgIpc) is 3.26. The maximum Gasteiger partial charge on any atom is 0.573 e. The molecule has 6 nitrogen and oxygen atoms in total. The highest BCUT2D eigenvalue weighted by atomic mass is 32.2. The SMILES string of the molecule is CCc1ccc(S(=O)(=O)c2cnc3ccc(OC(F)(F)F)cc3c2-n2ccnc2)cc1. The molecule has 4 aromatic rings. The summed E-state index contributed by atoms with van der Waals surface area (Å²) >= 11 is 0. The molecule has 0 saturated heterocycles. The van der Waals surface area contributed by atoms with Crippen molar-refractivity contribution in [3.63, 3.8) is 0 Å². The molecule has 0 aliphatic carbocycles. The van der Waals surface area contributed by atoms with Crippen LogP contribution in [0.1, 0.15) is 12.5 Å². The Morgan fingerprint density at radius 1 is 1.10 bits per heavy atom. The van der Waals surface area contributed by atoms with Crippen LogP contribution in [-0.2, 0) is 16.3 Å². The van der Waals surface area contributed by atoms with Crippen molar-refractivity contribution < 1.29 is 26.3 Å². The van der Waals surface area contributed by atoms with Crippen molar-refractivity contribution in [3.05, 3.63) is 72.9 Å². The van der Waals surface area contributed by atoms with Crippen LogP contribution in [0.4, 0.5) is 13.2 Å². The number of imidazole rings is 1. The maximum absolute atomic E-state index is 13.4. The van der Waals surface area contributed by atoms with Crippen LogP contribution in [-0.4, -0.2) is 29.3 Å². The highest BCUT2D eigenvalue weighted by molar-refractivity contribution is 7.91. The number of benzene rings is 2. The topological polar surface area (TPSA) is 74.1 Å². The van der Waals surface area contributed by atoms with Crippen LogP contribution in [0.25, 0.3) is 16.6 Å². The van der Waals surface area contributed by atoms with Crippen molar-refractivity contribution in [1.82, 2.24) is 14.5 Å². The number of pyridine rings is 1. The Morgan fingerprint density at radius 3 is 2.45 bits per heavy atom. The van der Waals surface area contributed by atoms with E-state index < -0.39 is 21.9 Å². The van der Waals surface area contributed by atoms with Crippen LogP contribution >= 0.6 is 0 Å². The zero-order chi connectivity index (χ0) is 22.2. The Bertz CT molecular complexity index is 1330. The quantitative estimate of drug-likeness (QED) is 0.443. The normalized spacial score (nSPS) is 12.3. The molecule has 0 saturated carbocycles. The number of hydrogen-bond donors (Lipinski definition) is 0. The van der Waals surface area contributed by atoms with Gasteiger partial charge in [0.1, 0.15) is 10.6 Å². The average molecular weight is 447 g/mol. The Morgan fingerprint density at radius 2 is 1.84 bits per heavy atom. The van der Waals surface area contributed by atoms with Gasteiger partial charge >= 0.3 is 6.36 Å². The second kappa shape index (κ2) is 7.69. The molecule has 0 aliphatic rings. The number of aryl methyl sites for hydroxylation is 1. The Labute approximate surface area is 175 Å². The van der Waals surface area contributed by atoms with E-state index in [1.807, 2.05) is 6.92 Å². The Balaban J connectivity index is 1.97. The van der Waals surface area contributed by atoms with E-state index in [-0.39, 0.29) is 20.9 Å². The lowest BCUT2D eigenvalue weighted by atomic mass is 10.1. The lowest BCUT2D eigenvalue weighted by Crippen LogP contribution is -2.17. The van der Waals surface area contributed by atoms with Crippen molar-refractivity contribution in [1.29, 1.82) is 0 Å². The fourth-order valence-electron chi connectivity index (χ4n) is 3.22. The number of halogens is 3. The number of hydrogen-bond acceptors (Lipinski definition) is 5. The molecule has 0 aliphatic heterocycles. The molecule has 0 bridgehead atoms. The first-order valence-corrected chi connectivity index (χ1v) is 10.7. The van der Waals surface area contributed by atoms with Gasteiger partial charge in [0, 0.05) is 24.0 Å². The molecule has 0 amide bonds. The van der Waals surface area contributed by atoms with Crippen molar-refractivity contribution >= 4 is 20.7 Å². The summed E-state index contributed by atoms with van der Waals surface area (Å²) in [6.45, 7) is 1.95. The summed E-state index contributed by atoms with van der Waals surface area (Å²) in [5.41, 5.74) is 1.41. The van der Waals surface area contributed by atoms with Crippen molar-refractivity contribution in [3.8, 4) is 11.4 Å². The van der Waals surface area contributed by atoms with E-state index in [1.54, 1.807) is 12.1 Å². The first kappa shape index (κ1) is 20.9. The molecule has 0 spiro atoms. The van der Waals surface area contributed by atoms with E-state index in [2.05, 4.69) is 14.7 Å². The molecule has 31 heavy (non-hydrogen) atoms. The molecule has 160 valence electrons. The maximum atomic E-state index is 13.4. The van der Waals surface area contributed by atoms with Gasteiger partial charge in [-0.3, -0.25) is 4.98 Å². The molecule has 0 fully saturated rings. The summed E-state index contributed by atoms with van der Waals surface area (Å²) in [6.07, 6.45) is 1.37. The number of ether oxygens (including phenoxy) is 1. The second-order valence-electron chi connectivity index (χ2n) is 6.67. The van der Waals surface area contributed by atoms with E-state index >= 15 is 0 Å². The molecule has 0 radical (unpaired) electrons. The van der Waals surface area contributed by atoms with Gasteiger partial charge in [0.25, 0.3) is 0 Å². The minimum Gasteiger partial charge on any atom is -0.406 e. The van der Waals surface area contributed by atoms with Crippen molar-refractivity contribution in [2.24, 2.45) is 0 Å². The Hall–Kier alpha value is -3.40. The summed E-state index contributed by atoms with van der Waals surface area (Å²) in [5.74, 6) is -0.481. The molecule has 2 heterocycles. The number of nitrogens with zero attached hydrogens (tertiary/aromatic N) is 3. The number of aromatic nitrogens is 3. The Kier molecular flexibility index (Phi) is 5.18. The van der Waals surface area contributed by atoms with Gasteiger partial charge in [-0.2, -0.15) is 0 Å². The smallest absolute Gasteiger partial charge is 0.406 e. The summed E-state index contributed by atoms with van der Waals surface area (Å²) in [7, 11) is -4.03. The predicted molar refractivity (Wildman–Crippen MR) is 107 cm³/mol. The molecular formula is C21H16F3N3O3S. The van der Waals surface area contributed by atoms with Crippen LogP contribution in [0.3, 0.4) is 0 Å². The molecular weight excluding hydrogens is 431 g/mol. The zero-order valence-corrected chi connectivity index (χ0v) is 17.0. The highest BCUT2D eigenvalue weighted by Gasteiger charge is 2.31. The third kappa shape index (κ3) is 4.11. The van der Waals surface area contributed by atoms with Crippen LogP contribution in [0, 0.1) is 0 Å². The van der Waals surface area contributed by atoms with E-state index in [0.717, 1.165) is 24.1 Å². The molecule has 2 aromatic carbocycles. The lowest BCUT2D eigenvalue weighted by molar-refractivity contribution is -0.274. The van der Waals surface area contributed by atoms with Gasteiger partial charge in [-0.25, -0.2) is 13.4 Å². The molecule has 0 N–H and O–H groups in total. The number of alkyl halides is 3. The van der Waals surface area contributed by atoms with E-state index in [1.165, 1.54) is 47.7 Å². The molecule has 2 aromatic heterocycles. The number of rotatable bonds is 5. The predicted octanol–water partition coefficient (Wildman–Crippen LogP) is 4.71. The lowest BCUT2D eigenvalue weighted by Gasteiger charge is -2.15.